The van der Waals surface area contributed by atoms with Crippen LogP contribution in [0.3, 0.4) is 0 Å². The Morgan fingerprint density at radius 3 is 2.48 bits per heavy atom. The predicted octanol–water partition coefficient (Wildman–Crippen LogP) is 3.25. The number of methoxy groups -OCH3 is 1. The molecule has 128 valence electrons. The fourth-order valence-corrected chi connectivity index (χ4v) is 2.66. The molecule has 2 rings (SSSR count). The summed E-state index contributed by atoms with van der Waals surface area (Å²) in [5, 5.41) is 9.13. The smallest absolute Gasteiger partial charge is 0.417 e. The molecule has 0 aliphatic carbocycles. The highest BCUT2D eigenvalue weighted by molar-refractivity contribution is 5.75. The first-order valence-corrected chi connectivity index (χ1v) is 6.51. The van der Waals surface area contributed by atoms with E-state index in [0.717, 1.165) is 20.1 Å². The summed E-state index contributed by atoms with van der Waals surface area (Å²) in [5.74, 6) is -6.25. The molecule has 1 heterocycles. The van der Waals surface area contributed by atoms with Crippen LogP contribution in [0.15, 0.2) is 12.1 Å². The maximum absolute atomic E-state index is 13.8. The quantitative estimate of drug-likeness (QED) is 0.858. The molecule has 0 amide bonds. The molecule has 1 aromatic carbocycles. The van der Waals surface area contributed by atoms with Crippen molar-refractivity contribution in [1.82, 2.24) is 0 Å². The number of carbonyl (C=O) groups is 1. The molecule has 0 aromatic heterocycles. The fraction of sp³-hybridized carbons (Fsp3) is 0.500. The molecular weight excluding hydrogens is 327 g/mol. The zero-order valence-electron chi connectivity index (χ0n) is 12.1. The normalized spacial score (nSPS) is 28.0. The molecule has 1 saturated heterocycles. The summed E-state index contributed by atoms with van der Waals surface area (Å²) in [4.78, 5) is 11.3. The fourth-order valence-electron chi connectivity index (χ4n) is 2.66. The topological polar surface area (TPSA) is 55.8 Å². The summed E-state index contributed by atoms with van der Waals surface area (Å²) in [5.41, 5.74) is -2.90. The Kier molecular flexibility index (Phi) is 4.27. The predicted molar refractivity (Wildman–Crippen MR) is 67.2 cm³/mol. The summed E-state index contributed by atoms with van der Waals surface area (Å²) in [6, 6.07) is 1.71. The van der Waals surface area contributed by atoms with Gasteiger partial charge in [-0.1, -0.05) is 6.07 Å². The number of rotatable bonds is 3. The van der Waals surface area contributed by atoms with Gasteiger partial charge in [-0.05, 0) is 19.4 Å². The number of ether oxygens (including phenoxy) is 2. The molecule has 3 unspecified atom stereocenters. The van der Waals surface area contributed by atoms with Crippen molar-refractivity contribution in [3.8, 4) is 5.75 Å². The van der Waals surface area contributed by atoms with Crippen molar-refractivity contribution in [2.75, 3.05) is 7.11 Å². The first kappa shape index (κ1) is 17.5. The van der Waals surface area contributed by atoms with Crippen LogP contribution in [0.1, 0.15) is 24.8 Å². The Balaban J connectivity index is 2.53. The third-order valence-corrected chi connectivity index (χ3v) is 3.89. The molecule has 1 aliphatic heterocycles. The van der Waals surface area contributed by atoms with Crippen molar-refractivity contribution < 1.29 is 41.3 Å². The first-order valence-electron chi connectivity index (χ1n) is 6.51. The average Bonchev–Trinajstić information content (AvgIpc) is 2.81. The molecule has 1 N–H and O–H groups in total. The van der Waals surface area contributed by atoms with Crippen molar-refractivity contribution in [2.45, 2.75) is 37.1 Å². The molecule has 1 aliphatic rings. The highest BCUT2D eigenvalue weighted by Crippen LogP contribution is 2.51. The standard InChI is InChI=1S/C14H13F5O4/c1-13(14(17,18)19)5-7(11(23-13)12(20)21)6-3-4-8(15)9(16)10(6)22-2/h3-4,7,11H,5H2,1-2H3,(H,20,21). The van der Waals surface area contributed by atoms with Gasteiger partial charge in [-0.3, -0.25) is 0 Å². The van der Waals surface area contributed by atoms with Crippen molar-refractivity contribution in [3.63, 3.8) is 0 Å². The Morgan fingerprint density at radius 1 is 1.39 bits per heavy atom. The second kappa shape index (κ2) is 5.63. The van der Waals surface area contributed by atoms with Gasteiger partial charge < -0.3 is 14.6 Å². The van der Waals surface area contributed by atoms with Gasteiger partial charge in [0.25, 0.3) is 0 Å². The number of aliphatic carboxylic acids is 1. The SMILES string of the molecule is COc1c(C2CC(C)(C(F)(F)F)OC2C(=O)O)ccc(F)c1F. The molecule has 1 fully saturated rings. The van der Waals surface area contributed by atoms with Gasteiger partial charge in [0.1, 0.15) is 0 Å². The van der Waals surface area contributed by atoms with Gasteiger partial charge in [-0.25, -0.2) is 9.18 Å². The van der Waals surface area contributed by atoms with E-state index in [-0.39, 0.29) is 5.56 Å². The van der Waals surface area contributed by atoms with Crippen LogP contribution in [0, 0.1) is 11.6 Å². The number of hydrogen-bond donors (Lipinski definition) is 1. The van der Waals surface area contributed by atoms with Gasteiger partial charge in [0.15, 0.2) is 23.3 Å². The summed E-state index contributed by atoms with van der Waals surface area (Å²) in [6.45, 7) is 0.718. The lowest BCUT2D eigenvalue weighted by atomic mass is 9.86. The number of hydrogen-bond acceptors (Lipinski definition) is 3. The van der Waals surface area contributed by atoms with Crippen molar-refractivity contribution in [3.05, 3.63) is 29.3 Å². The molecule has 3 atom stereocenters. The Bertz CT molecular complexity index is 630. The summed E-state index contributed by atoms with van der Waals surface area (Å²) in [7, 11) is 1.01. The van der Waals surface area contributed by atoms with Gasteiger partial charge in [0.2, 0.25) is 5.82 Å². The van der Waals surface area contributed by atoms with Crippen LogP contribution in [0.25, 0.3) is 0 Å². The largest absolute Gasteiger partial charge is 0.493 e. The van der Waals surface area contributed by atoms with Crippen LogP contribution < -0.4 is 4.74 Å². The van der Waals surface area contributed by atoms with Crippen LogP contribution >= 0.6 is 0 Å². The third-order valence-electron chi connectivity index (χ3n) is 3.89. The average molecular weight is 340 g/mol. The zero-order chi connectivity index (χ0) is 17.6. The van der Waals surface area contributed by atoms with E-state index in [4.69, 9.17) is 14.6 Å². The van der Waals surface area contributed by atoms with Crippen molar-refractivity contribution in [2.24, 2.45) is 0 Å². The minimum Gasteiger partial charge on any atom is -0.493 e. The van der Waals surface area contributed by atoms with Gasteiger partial charge in [0, 0.05) is 11.5 Å². The van der Waals surface area contributed by atoms with E-state index in [0.29, 0.717) is 6.07 Å². The first-order chi connectivity index (χ1) is 10.5. The molecule has 1 aromatic rings. The molecular formula is C14H13F5O4. The molecule has 0 bridgehead atoms. The number of benzene rings is 1. The zero-order valence-corrected chi connectivity index (χ0v) is 12.1. The van der Waals surface area contributed by atoms with Crippen LogP contribution in [0.4, 0.5) is 22.0 Å². The van der Waals surface area contributed by atoms with Crippen LogP contribution in [0.5, 0.6) is 5.75 Å². The molecule has 0 radical (unpaired) electrons. The maximum Gasteiger partial charge on any atom is 0.417 e. The summed E-state index contributed by atoms with van der Waals surface area (Å²) < 4.78 is 75.8. The van der Waals surface area contributed by atoms with E-state index in [9.17, 15) is 26.7 Å². The van der Waals surface area contributed by atoms with E-state index in [1.807, 2.05) is 0 Å². The lowest BCUT2D eigenvalue weighted by molar-refractivity contribution is -0.263. The van der Waals surface area contributed by atoms with E-state index in [1.165, 1.54) is 0 Å². The minimum atomic E-state index is -4.82. The molecule has 23 heavy (non-hydrogen) atoms. The Labute approximate surface area is 127 Å². The number of carboxylic acids is 1. The summed E-state index contributed by atoms with van der Waals surface area (Å²) in [6.07, 6.45) is -7.43. The number of carboxylic acid groups (broad SMARTS) is 1. The van der Waals surface area contributed by atoms with Crippen molar-refractivity contribution >= 4 is 5.97 Å². The Hall–Kier alpha value is -1.90. The minimum absolute atomic E-state index is 0.188. The summed E-state index contributed by atoms with van der Waals surface area (Å²) >= 11 is 0. The second-order valence-corrected chi connectivity index (χ2v) is 5.40. The van der Waals surface area contributed by atoms with Crippen LogP contribution in [-0.4, -0.2) is 36.1 Å². The van der Waals surface area contributed by atoms with Gasteiger partial charge in [-0.15, -0.1) is 0 Å². The van der Waals surface area contributed by atoms with E-state index >= 15 is 0 Å². The van der Waals surface area contributed by atoms with Crippen LogP contribution in [0.2, 0.25) is 0 Å². The van der Waals surface area contributed by atoms with E-state index in [2.05, 4.69) is 0 Å². The molecule has 0 saturated carbocycles. The maximum atomic E-state index is 13.8. The van der Waals surface area contributed by atoms with Gasteiger partial charge in [-0.2, -0.15) is 17.6 Å². The third kappa shape index (κ3) is 2.85. The van der Waals surface area contributed by atoms with Gasteiger partial charge in [0.05, 0.1) is 7.11 Å². The molecule has 4 nitrogen and oxygen atoms in total. The molecule has 0 spiro atoms. The molecule has 9 heteroatoms. The monoisotopic (exact) mass is 340 g/mol. The number of alkyl halides is 3. The van der Waals surface area contributed by atoms with Crippen molar-refractivity contribution in [1.29, 1.82) is 0 Å². The van der Waals surface area contributed by atoms with E-state index in [1.54, 1.807) is 0 Å². The highest BCUT2D eigenvalue weighted by atomic mass is 19.4. The van der Waals surface area contributed by atoms with Crippen LogP contribution in [-0.2, 0) is 9.53 Å². The lowest BCUT2D eigenvalue weighted by Gasteiger charge is -2.26. The van der Waals surface area contributed by atoms with Gasteiger partial charge >= 0.3 is 12.1 Å². The number of halogens is 5. The lowest BCUT2D eigenvalue weighted by Crippen LogP contribution is -2.42. The second-order valence-electron chi connectivity index (χ2n) is 5.40. The van der Waals surface area contributed by atoms with E-state index < -0.39 is 53.6 Å². The Morgan fingerprint density at radius 2 is 2.00 bits per heavy atom. The highest BCUT2D eigenvalue weighted by Gasteiger charge is 2.61.